The average Bonchev–Trinajstić information content (AvgIpc) is 2.64. The van der Waals surface area contributed by atoms with Gasteiger partial charge >= 0.3 is 0 Å². The number of nitrogens with zero attached hydrogens (tertiary/aromatic N) is 2. The number of carbonyl (C=O) groups excluding carboxylic acids is 2. The van der Waals surface area contributed by atoms with Crippen molar-refractivity contribution in [2.45, 2.75) is 0 Å². The van der Waals surface area contributed by atoms with Gasteiger partial charge in [0.1, 0.15) is 5.82 Å². The lowest BCUT2D eigenvalue weighted by molar-refractivity contribution is 0.0664. The Kier molecular flexibility index (Phi) is 5.09. The van der Waals surface area contributed by atoms with Gasteiger partial charge in [0.2, 0.25) is 0 Å². The summed E-state index contributed by atoms with van der Waals surface area (Å²) in [6.07, 6.45) is 0. The van der Waals surface area contributed by atoms with Crippen LogP contribution >= 0.6 is 0 Å². The molecule has 130 valence electrons. The van der Waals surface area contributed by atoms with Crippen LogP contribution in [0.4, 0.5) is 10.1 Å². The molecule has 25 heavy (non-hydrogen) atoms. The molecule has 1 aliphatic rings. The Hall–Kier alpha value is -2.73. The maximum Gasteiger partial charge on any atom is 0.255 e. The number of carbonyl (C=O) groups is 2. The molecule has 0 aromatic heterocycles. The molecule has 0 spiro atoms. The van der Waals surface area contributed by atoms with Crippen LogP contribution in [-0.4, -0.2) is 54.8 Å². The average molecular weight is 341 g/mol. The first-order valence-electron chi connectivity index (χ1n) is 8.18. The second kappa shape index (κ2) is 7.44. The van der Waals surface area contributed by atoms with Crippen LogP contribution in [-0.2, 0) is 0 Å². The summed E-state index contributed by atoms with van der Waals surface area (Å²) in [5, 5.41) is 2.70. The molecule has 0 unspecified atom stereocenters. The van der Waals surface area contributed by atoms with Gasteiger partial charge in [0, 0.05) is 43.0 Å². The molecule has 1 N–H and O–H groups in total. The summed E-state index contributed by atoms with van der Waals surface area (Å²) < 4.78 is 12.9. The molecule has 0 atom stereocenters. The van der Waals surface area contributed by atoms with Crippen LogP contribution in [0.1, 0.15) is 20.7 Å². The number of hydrogen-bond donors (Lipinski definition) is 1. The number of amides is 2. The summed E-state index contributed by atoms with van der Waals surface area (Å²) in [5.74, 6) is -0.673. The zero-order valence-corrected chi connectivity index (χ0v) is 14.0. The zero-order chi connectivity index (χ0) is 17.8. The number of benzene rings is 2. The van der Waals surface area contributed by atoms with Crippen LogP contribution in [0.5, 0.6) is 0 Å². The van der Waals surface area contributed by atoms with Crippen molar-refractivity contribution < 1.29 is 14.0 Å². The van der Waals surface area contributed by atoms with Crippen molar-refractivity contribution >= 4 is 17.5 Å². The van der Waals surface area contributed by atoms with Crippen molar-refractivity contribution in [3.8, 4) is 0 Å². The molecule has 6 heteroatoms. The van der Waals surface area contributed by atoms with E-state index in [1.807, 2.05) is 11.9 Å². The molecule has 0 aliphatic carbocycles. The van der Waals surface area contributed by atoms with Crippen LogP contribution in [0.25, 0.3) is 0 Å². The maximum atomic E-state index is 12.9. The lowest BCUT2D eigenvalue weighted by atomic mass is 10.1. The first kappa shape index (κ1) is 17.1. The molecular formula is C19H20FN3O2. The van der Waals surface area contributed by atoms with Gasteiger partial charge in [-0.25, -0.2) is 4.39 Å². The van der Waals surface area contributed by atoms with Crippen LogP contribution in [0.15, 0.2) is 48.5 Å². The van der Waals surface area contributed by atoms with Gasteiger partial charge in [-0.1, -0.05) is 0 Å². The molecule has 2 amide bonds. The monoisotopic (exact) mass is 341 g/mol. The quantitative estimate of drug-likeness (QED) is 0.933. The van der Waals surface area contributed by atoms with Gasteiger partial charge in [0.25, 0.3) is 11.8 Å². The lowest BCUT2D eigenvalue weighted by Gasteiger charge is -2.32. The fourth-order valence-electron chi connectivity index (χ4n) is 2.69. The second-order valence-corrected chi connectivity index (χ2v) is 6.13. The summed E-state index contributed by atoms with van der Waals surface area (Å²) in [6, 6.07) is 12.2. The van der Waals surface area contributed by atoms with Crippen molar-refractivity contribution in [2.24, 2.45) is 0 Å². The minimum atomic E-state index is -0.357. The highest BCUT2D eigenvalue weighted by Gasteiger charge is 2.20. The predicted molar refractivity (Wildman–Crippen MR) is 94.2 cm³/mol. The molecule has 0 radical (unpaired) electrons. The SMILES string of the molecule is CN1CCN(C(=O)c2ccc(C(=O)Nc3ccc(F)cc3)cc2)CC1. The van der Waals surface area contributed by atoms with E-state index in [9.17, 15) is 14.0 Å². The van der Waals surface area contributed by atoms with Crippen molar-refractivity contribution in [3.63, 3.8) is 0 Å². The minimum Gasteiger partial charge on any atom is -0.336 e. The Morgan fingerprint density at radius 1 is 0.880 bits per heavy atom. The number of halogens is 1. The Balaban J connectivity index is 1.64. The second-order valence-electron chi connectivity index (χ2n) is 6.13. The Morgan fingerprint density at radius 3 is 2.04 bits per heavy atom. The van der Waals surface area contributed by atoms with Crippen LogP contribution < -0.4 is 5.32 Å². The Morgan fingerprint density at radius 2 is 1.44 bits per heavy atom. The standard InChI is InChI=1S/C19H20FN3O2/c1-22-10-12-23(13-11-22)19(25)15-4-2-14(3-5-15)18(24)21-17-8-6-16(20)7-9-17/h2-9H,10-13H2,1H3,(H,21,24). The van der Waals surface area contributed by atoms with E-state index in [4.69, 9.17) is 0 Å². The van der Waals surface area contributed by atoms with E-state index in [2.05, 4.69) is 10.2 Å². The molecule has 0 saturated carbocycles. The normalized spacial score (nSPS) is 15.0. The van der Waals surface area contributed by atoms with Gasteiger partial charge in [-0.05, 0) is 55.6 Å². The number of piperazine rings is 1. The topological polar surface area (TPSA) is 52.7 Å². The van der Waals surface area contributed by atoms with Crippen LogP contribution in [0.2, 0.25) is 0 Å². The van der Waals surface area contributed by atoms with E-state index in [0.717, 1.165) is 13.1 Å². The highest BCUT2D eigenvalue weighted by Crippen LogP contribution is 2.13. The van der Waals surface area contributed by atoms with Crippen LogP contribution in [0, 0.1) is 5.82 Å². The summed E-state index contributed by atoms with van der Waals surface area (Å²) in [4.78, 5) is 28.7. The van der Waals surface area contributed by atoms with Gasteiger partial charge in [-0.15, -0.1) is 0 Å². The molecule has 1 heterocycles. The fourth-order valence-corrected chi connectivity index (χ4v) is 2.69. The molecule has 0 bridgehead atoms. The molecule has 2 aromatic rings. The maximum absolute atomic E-state index is 12.9. The van der Waals surface area contributed by atoms with Gasteiger partial charge in [0.15, 0.2) is 0 Å². The Bertz CT molecular complexity index is 751. The molecular weight excluding hydrogens is 321 g/mol. The number of likely N-dealkylation sites (N-methyl/N-ethyl adjacent to an activating group) is 1. The summed E-state index contributed by atoms with van der Waals surface area (Å²) in [6.45, 7) is 3.15. The van der Waals surface area contributed by atoms with Crippen molar-refractivity contribution in [1.82, 2.24) is 9.80 Å². The molecule has 1 saturated heterocycles. The number of nitrogens with one attached hydrogen (secondary N) is 1. The number of rotatable bonds is 3. The smallest absolute Gasteiger partial charge is 0.255 e. The fraction of sp³-hybridized carbons (Fsp3) is 0.263. The summed E-state index contributed by atoms with van der Waals surface area (Å²) >= 11 is 0. The summed E-state index contributed by atoms with van der Waals surface area (Å²) in [7, 11) is 2.04. The third-order valence-corrected chi connectivity index (χ3v) is 4.29. The van der Waals surface area contributed by atoms with Gasteiger partial charge < -0.3 is 15.1 Å². The van der Waals surface area contributed by atoms with E-state index in [1.54, 1.807) is 24.3 Å². The van der Waals surface area contributed by atoms with Gasteiger partial charge in [-0.3, -0.25) is 9.59 Å². The largest absolute Gasteiger partial charge is 0.336 e. The third kappa shape index (κ3) is 4.22. The van der Waals surface area contributed by atoms with Crippen molar-refractivity contribution in [2.75, 3.05) is 38.5 Å². The van der Waals surface area contributed by atoms with E-state index < -0.39 is 0 Å². The zero-order valence-electron chi connectivity index (χ0n) is 14.0. The van der Waals surface area contributed by atoms with Gasteiger partial charge in [0.05, 0.1) is 0 Å². The highest BCUT2D eigenvalue weighted by molar-refractivity contribution is 6.05. The van der Waals surface area contributed by atoms with E-state index in [0.29, 0.717) is 29.9 Å². The minimum absolute atomic E-state index is 0.0152. The predicted octanol–water partition coefficient (Wildman–Crippen LogP) is 2.47. The first-order chi connectivity index (χ1) is 12.0. The molecule has 5 nitrogen and oxygen atoms in total. The van der Waals surface area contributed by atoms with Gasteiger partial charge in [-0.2, -0.15) is 0 Å². The Labute approximate surface area is 146 Å². The molecule has 1 aliphatic heterocycles. The molecule has 3 rings (SSSR count). The highest BCUT2D eigenvalue weighted by atomic mass is 19.1. The summed E-state index contributed by atoms with van der Waals surface area (Å²) in [5.41, 5.74) is 1.53. The third-order valence-electron chi connectivity index (χ3n) is 4.29. The van der Waals surface area contributed by atoms with Crippen molar-refractivity contribution in [3.05, 3.63) is 65.5 Å². The van der Waals surface area contributed by atoms with Crippen molar-refractivity contribution in [1.29, 1.82) is 0 Å². The lowest BCUT2D eigenvalue weighted by Crippen LogP contribution is -2.47. The molecule has 2 aromatic carbocycles. The van der Waals surface area contributed by atoms with E-state index >= 15 is 0 Å². The first-order valence-corrected chi connectivity index (χ1v) is 8.18. The molecule has 1 fully saturated rings. The van der Waals surface area contributed by atoms with E-state index in [-0.39, 0.29) is 17.6 Å². The number of hydrogen-bond acceptors (Lipinski definition) is 3. The number of anilines is 1. The van der Waals surface area contributed by atoms with E-state index in [1.165, 1.54) is 24.3 Å². The van der Waals surface area contributed by atoms with Crippen LogP contribution in [0.3, 0.4) is 0 Å².